The van der Waals surface area contributed by atoms with Gasteiger partial charge in [-0.3, -0.25) is 4.79 Å². The van der Waals surface area contributed by atoms with E-state index in [1.54, 1.807) is 18.2 Å². The Hall–Kier alpha value is -2.30. The van der Waals surface area contributed by atoms with Gasteiger partial charge in [0.2, 0.25) is 5.91 Å². The molecule has 0 bridgehead atoms. The quantitative estimate of drug-likeness (QED) is 0.309. The summed E-state index contributed by atoms with van der Waals surface area (Å²) in [6, 6.07) is 7.08. The zero-order chi connectivity index (χ0) is 19.0. The summed E-state index contributed by atoms with van der Waals surface area (Å²) in [5.41, 5.74) is 0.553. The molecule has 1 N–H and O–H groups in total. The molecule has 0 fully saturated rings. The van der Waals surface area contributed by atoms with Crippen LogP contribution in [-0.2, 0) is 14.3 Å². The maximum Gasteiger partial charge on any atom is 0.330 e. The van der Waals surface area contributed by atoms with Gasteiger partial charge in [0.05, 0.1) is 19.4 Å². The van der Waals surface area contributed by atoms with E-state index in [1.807, 2.05) is 6.07 Å². The molecule has 5 nitrogen and oxygen atoms in total. The van der Waals surface area contributed by atoms with E-state index in [9.17, 15) is 9.59 Å². The van der Waals surface area contributed by atoms with Crippen LogP contribution in [0, 0.1) is 0 Å². The van der Waals surface area contributed by atoms with Crippen molar-refractivity contribution in [2.45, 2.75) is 58.3 Å². The van der Waals surface area contributed by atoms with Crippen LogP contribution >= 0.6 is 0 Å². The summed E-state index contributed by atoms with van der Waals surface area (Å²) in [6.07, 6.45) is 11.9. The maximum atomic E-state index is 11.8. The van der Waals surface area contributed by atoms with Crippen molar-refractivity contribution in [1.29, 1.82) is 0 Å². The third-order valence-electron chi connectivity index (χ3n) is 3.98. The van der Waals surface area contributed by atoms with Gasteiger partial charge in [0.25, 0.3) is 0 Å². The van der Waals surface area contributed by atoms with E-state index in [0.29, 0.717) is 18.0 Å². The Balaban J connectivity index is 2.15. The lowest BCUT2D eigenvalue weighted by Crippen LogP contribution is -2.10. The Morgan fingerprint density at radius 1 is 0.962 bits per heavy atom. The van der Waals surface area contributed by atoms with Gasteiger partial charge in [-0.2, -0.15) is 0 Å². The molecule has 0 atom stereocenters. The van der Waals surface area contributed by atoms with Crippen molar-refractivity contribution in [3.8, 4) is 5.75 Å². The molecule has 0 unspecified atom stereocenters. The number of para-hydroxylation sites is 2. The number of benzene rings is 1. The zero-order valence-electron chi connectivity index (χ0n) is 16.0. The van der Waals surface area contributed by atoms with Crippen molar-refractivity contribution in [3.05, 3.63) is 36.4 Å². The highest BCUT2D eigenvalue weighted by Gasteiger charge is 2.05. The Kier molecular flexibility index (Phi) is 11.6. The minimum absolute atomic E-state index is 0.395. The second kappa shape index (κ2) is 13.9. The number of amides is 1. The number of esters is 1. The fraction of sp³-hybridized carbons (Fsp3) is 0.524. The van der Waals surface area contributed by atoms with Crippen LogP contribution < -0.4 is 10.1 Å². The first-order chi connectivity index (χ1) is 12.7. The predicted octanol–water partition coefficient (Wildman–Crippen LogP) is 4.87. The molecule has 1 aromatic rings. The molecule has 0 heterocycles. The van der Waals surface area contributed by atoms with Crippen LogP contribution in [0.25, 0.3) is 0 Å². The molecule has 1 aromatic carbocycles. The molecular weight excluding hydrogens is 330 g/mol. The van der Waals surface area contributed by atoms with E-state index < -0.39 is 11.9 Å². The molecule has 144 valence electrons. The number of hydrogen-bond acceptors (Lipinski definition) is 4. The highest BCUT2D eigenvalue weighted by Crippen LogP contribution is 2.22. The number of nitrogens with one attached hydrogen (secondary N) is 1. The normalized spacial score (nSPS) is 10.7. The van der Waals surface area contributed by atoms with Gasteiger partial charge in [0.1, 0.15) is 5.75 Å². The summed E-state index contributed by atoms with van der Waals surface area (Å²) in [4.78, 5) is 23.5. The van der Waals surface area contributed by atoms with Gasteiger partial charge in [-0.25, -0.2) is 4.79 Å². The first-order valence-electron chi connectivity index (χ1n) is 9.46. The Bertz CT molecular complexity index is 569. The van der Waals surface area contributed by atoms with E-state index in [2.05, 4.69) is 12.2 Å². The topological polar surface area (TPSA) is 64.6 Å². The molecule has 0 saturated heterocycles. The van der Waals surface area contributed by atoms with Crippen molar-refractivity contribution in [2.24, 2.45) is 0 Å². The Morgan fingerprint density at radius 3 is 2.31 bits per heavy atom. The number of hydrogen-bond donors (Lipinski definition) is 1. The summed E-state index contributed by atoms with van der Waals surface area (Å²) in [5.74, 6) is -0.340. The van der Waals surface area contributed by atoms with Crippen LogP contribution in [0.3, 0.4) is 0 Å². The number of anilines is 1. The largest absolute Gasteiger partial charge is 0.495 e. The van der Waals surface area contributed by atoms with Crippen molar-refractivity contribution in [2.75, 3.05) is 19.0 Å². The Morgan fingerprint density at radius 2 is 1.62 bits per heavy atom. The van der Waals surface area contributed by atoms with Crippen LogP contribution in [0.5, 0.6) is 5.75 Å². The SMILES string of the molecule is CCCCCCCCCCOC(=O)/C=C/C(=O)Nc1ccccc1OC. The molecule has 0 aliphatic heterocycles. The first kappa shape index (κ1) is 21.7. The van der Waals surface area contributed by atoms with Crippen LogP contribution in [0.1, 0.15) is 58.3 Å². The second-order valence-electron chi connectivity index (χ2n) is 6.17. The van der Waals surface area contributed by atoms with Crippen LogP contribution in [0.4, 0.5) is 5.69 Å². The highest BCUT2D eigenvalue weighted by atomic mass is 16.5. The molecule has 0 aliphatic rings. The number of unbranched alkanes of at least 4 members (excludes halogenated alkanes) is 7. The molecule has 0 saturated carbocycles. The van der Waals surface area contributed by atoms with Gasteiger partial charge in [-0.15, -0.1) is 0 Å². The number of methoxy groups -OCH3 is 1. The van der Waals surface area contributed by atoms with Crippen LogP contribution in [-0.4, -0.2) is 25.6 Å². The number of rotatable bonds is 13. The number of ether oxygens (including phenoxy) is 2. The zero-order valence-corrected chi connectivity index (χ0v) is 16.0. The number of carbonyl (C=O) groups excluding carboxylic acids is 2. The molecule has 1 amide bonds. The molecule has 1 rings (SSSR count). The van der Waals surface area contributed by atoms with Crippen LogP contribution in [0.15, 0.2) is 36.4 Å². The Labute approximate surface area is 156 Å². The fourth-order valence-corrected chi connectivity index (χ4v) is 2.52. The van der Waals surface area contributed by atoms with Gasteiger partial charge < -0.3 is 14.8 Å². The van der Waals surface area contributed by atoms with Crippen molar-refractivity contribution in [3.63, 3.8) is 0 Å². The molecule has 5 heteroatoms. The van der Waals surface area contributed by atoms with E-state index in [4.69, 9.17) is 9.47 Å². The highest BCUT2D eigenvalue weighted by molar-refractivity contribution is 6.03. The molecule has 0 aliphatic carbocycles. The third-order valence-corrected chi connectivity index (χ3v) is 3.98. The summed E-state index contributed by atoms with van der Waals surface area (Å²) in [6.45, 7) is 2.61. The minimum Gasteiger partial charge on any atom is -0.495 e. The minimum atomic E-state index is -0.497. The molecular formula is C21H31NO4. The van der Waals surface area contributed by atoms with Gasteiger partial charge in [-0.1, -0.05) is 64.0 Å². The first-order valence-corrected chi connectivity index (χ1v) is 9.46. The van der Waals surface area contributed by atoms with Crippen molar-refractivity contribution < 1.29 is 19.1 Å². The monoisotopic (exact) mass is 361 g/mol. The summed E-state index contributed by atoms with van der Waals surface area (Å²) in [7, 11) is 1.53. The van der Waals surface area contributed by atoms with Gasteiger partial charge in [0.15, 0.2) is 0 Å². The lowest BCUT2D eigenvalue weighted by atomic mass is 10.1. The molecule has 0 radical (unpaired) electrons. The molecule has 0 spiro atoms. The standard InChI is InChI=1S/C21H31NO4/c1-3-4-5-6-7-8-9-12-17-26-21(24)16-15-20(23)22-18-13-10-11-14-19(18)25-2/h10-11,13-16H,3-9,12,17H2,1-2H3,(H,22,23)/b16-15+. The average Bonchev–Trinajstić information content (AvgIpc) is 2.65. The van der Waals surface area contributed by atoms with Crippen molar-refractivity contribution >= 4 is 17.6 Å². The maximum absolute atomic E-state index is 11.8. The van der Waals surface area contributed by atoms with E-state index in [1.165, 1.54) is 51.7 Å². The van der Waals surface area contributed by atoms with Crippen LogP contribution in [0.2, 0.25) is 0 Å². The predicted molar refractivity (Wildman–Crippen MR) is 104 cm³/mol. The lowest BCUT2D eigenvalue weighted by molar-refractivity contribution is -0.138. The summed E-state index contributed by atoms with van der Waals surface area (Å²) in [5, 5.41) is 2.66. The molecule has 0 aromatic heterocycles. The number of carbonyl (C=O) groups is 2. The van der Waals surface area contributed by atoms with Gasteiger partial charge in [0, 0.05) is 12.2 Å². The molecule has 26 heavy (non-hydrogen) atoms. The van der Waals surface area contributed by atoms with E-state index in [0.717, 1.165) is 18.9 Å². The van der Waals surface area contributed by atoms with Gasteiger partial charge >= 0.3 is 5.97 Å². The second-order valence-corrected chi connectivity index (χ2v) is 6.17. The fourth-order valence-electron chi connectivity index (χ4n) is 2.52. The van der Waals surface area contributed by atoms with Gasteiger partial charge in [-0.05, 0) is 18.6 Å². The summed E-state index contributed by atoms with van der Waals surface area (Å²) >= 11 is 0. The third kappa shape index (κ3) is 9.87. The summed E-state index contributed by atoms with van der Waals surface area (Å²) < 4.78 is 10.3. The average molecular weight is 361 g/mol. The van der Waals surface area contributed by atoms with E-state index >= 15 is 0 Å². The lowest BCUT2D eigenvalue weighted by Gasteiger charge is -2.07. The van der Waals surface area contributed by atoms with Crippen molar-refractivity contribution in [1.82, 2.24) is 0 Å². The smallest absolute Gasteiger partial charge is 0.330 e. The van der Waals surface area contributed by atoms with E-state index in [-0.39, 0.29) is 0 Å².